The smallest absolute Gasteiger partial charge is 0.141 e. The quantitative estimate of drug-likeness (QED) is 0.568. The van der Waals surface area contributed by atoms with Gasteiger partial charge in [-0.3, -0.25) is 19.4 Å². The fourth-order valence-electron chi connectivity index (χ4n) is 6.46. The molecule has 4 rings (SSSR count). The summed E-state index contributed by atoms with van der Waals surface area (Å²) in [5.74, 6) is 1.53. The lowest BCUT2D eigenvalue weighted by Gasteiger charge is -2.55. The van der Waals surface area contributed by atoms with Crippen molar-refractivity contribution in [3.63, 3.8) is 0 Å². The van der Waals surface area contributed by atoms with E-state index in [-0.39, 0.29) is 17.4 Å². The molecule has 6 nitrogen and oxygen atoms in total. The Morgan fingerprint density at radius 1 is 1.06 bits per heavy atom. The number of hydrogen-bond acceptors (Lipinski definition) is 6. The number of Topliss-reactive ketones (excluding diaryl/α,β-unsaturated/α-hetero) is 2. The molecule has 2 unspecified atom stereocenters. The number of nitrogens with one attached hydrogen (secondary N) is 1. The van der Waals surface area contributed by atoms with Gasteiger partial charge in [-0.05, 0) is 50.4 Å². The van der Waals surface area contributed by atoms with E-state index in [0.717, 1.165) is 83.6 Å². The minimum atomic E-state index is -0.505. The first-order valence-electron chi connectivity index (χ1n) is 13.8. The highest BCUT2D eigenvalue weighted by Gasteiger charge is 2.52. The second-order valence-electron chi connectivity index (χ2n) is 11.2. The van der Waals surface area contributed by atoms with Crippen LogP contribution >= 0.6 is 0 Å². The van der Waals surface area contributed by atoms with E-state index in [9.17, 15) is 9.59 Å². The number of unbranched alkanes of at least 4 members (excludes halogenated alkanes) is 1. The third-order valence-electron chi connectivity index (χ3n) is 8.88. The summed E-state index contributed by atoms with van der Waals surface area (Å²) in [6, 6.07) is 8.62. The number of carbonyl (C=O) groups is 2. The predicted molar refractivity (Wildman–Crippen MR) is 140 cm³/mol. The molecule has 6 heteroatoms. The van der Waals surface area contributed by atoms with Crippen molar-refractivity contribution in [1.82, 2.24) is 15.1 Å². The van der Waals surface area contributed by atoms with Crippen molar-refractivity contribution in [2.45, 2.75) is 89.8 Å². The Labute approximate surface area is 211 Å². The number of carbonyl (C=O) groups excluding carboxylic acids is 2. The molecular weight excluding hydrogens is 438 g/mol. The maximum atomic E-state index is 13.2. The predicted octanol–water partition coefficient (Wildman–Crippen LogP) is 4.21. The van der Waals surface area contributed by atoms with Crippen LogP contribution in [0.3, 0.4) is 0 Å². The number of likely N-dealkylation sites (N-methyl/N-ethyl adjacent to an activating group) is 1. The summed E-state index contributed by atoms with van der Waals surface area (Å²) in [4.78, 5) is 30.7. The molecule has 2 aliphatic heterocycles. The highest BCUT2D eigenvalue weighted by atomic mass is 16.5. The number of rotatable bonds is 9. The molecule has 1 aromatic carbocycles. The van der Waals surface area contributed by atoms with Crippen molar-refractivity contribution in [2.75, 3.05) is 39.8 Å². The third kappa shape index (κ3) is 5.81. The Kier molecular flexibility index (Phi) is 8.67. The largest absolute Gasteiger partial charge is 0.494 e. The van der Waals surface area contributed by atoms with Gasteiger partial charge in [0.1, 0.15) is 17.3 Å². The van der Waals surface area contributed by atoms with E-state index in [1.165, 1.54) is 5.56 Å². The van der Waals surface area contributed by atoms with Crippen LogP contribution in [0.4, 0.5) is 0 Å². The van der Waals surface area contributed by atoms with Crippen LogP contribution in [0.2, 0.25) is 0 Å². The molecule has 0 amide bonds. The van der Waals surface area contributed by atoms with Crippen molar-refractivity contribution < 1.29 is 14.3 Å². The van der Waals surface area contributed by atoms with Crippen molar-refractivity contribution >= 4 is 11.6 Å². The van der Waals surface area contributed by atoms with Gasteiger partial charge in [-0.25, -0.2) is 0 Å². The number of hydrogen-bond donors (Lipinski definition) is 1. The Morgan fingerprint density at radius 3 is 2.46 bits per heavy atom. The summed E-state index contributed by atoms with van der Waals surface area (Å²) in [7, 11) is 2.24. The molecule has 0 aromatic heterocycles. The van der Waals surface area contributed by atoms with Crippen LogP contribution in [0.25, 0.3) is 0 Å². The fraction of sp³-hybridized carbons (Fsp3) is 0.724. The molecule has 1 aromatic rings. The van der Waals surface area contributed by atoms with Crippen LogP contribution in [0.5, 0.6) is 5.75 Å². The molecule has 0 bridgehead atoms. The molecule has 194 valence electrons. The zero-order chi connectivity index (χ0) is 24.9. The van der Waals surface area contributed by atoms with Gasteiger partial charge in [0.2, 0.25) is 0 Å². The first-order chi connectivity index (χ1) is 16.9. The molecule has 0 radical (unpaired) electrons. The van der Waals surface area contributed by atoms with Crippen LogP contribution < -0.4 is 10.1 Å². The van der Waals surface area contributed by atoms with Gasteiger partial charge >= 0.3 is 0 Å². The van der Waals surface area contributed by atoms with Gasteiger partial charge in [-0.2, -0.15) is 0 Å². The molecule has 1 aliphatic carbocycles. The Bertz CT molecular complexity index is 862. The fourth-order valence-corrected chi connectivity index (χ4v) is 6.46. The average molecular weight is 484 g/mol. The summed E-state index contributed by atoms with van der Waals surface area (Å²) in [5, 5.41) is 3.82. The summed E-state index contributed by atoms with van der Waals surface area (Å²) >= 11 is 0. The van der Waals surface area contributed by atoms with E-state index in [0.29, 0.717) is 25.0 Å². The molecule has 1 spiro atoms. The Hall–Kier alpha value is -1.76. The van der Waals surface area contributed by atoms with E-state index < -0.39 is 5.41 Å². The first kappa shape index (κ1) is 26.3. The minimum Gasteiger partial charge on any atom is -0.494 e. The molecule has 35 heavy (non-hydrogen) atoms. The number of piperidine rings is 1. The highest BCUT2D eigenvalue weighted by Crippen LogP contribution is 2.43. The third-order valence-corrected chi connectivity index (χ3v) is 8.88. The van der Waals surface area contributed by atoms with Crippen molar-refractivity contribution in [3.8, 4) is 5.75 Å². The van der Waals surface area contributed by atoms with Gasteiger partial charge in [-0.1, -0.05) is 38.8 Å². The van der Waals surface area contributed by atoms with Crippen LogP contribution in [-0.2, 0) is 16.1 Å². The SMILES string of the molecule is CCCCC1(C2CN(C)C3(CCN(Cc4ccc(OCCC)cc4)CC3)CN2)CC(=O)CCC1=O. The van der Waals surface area contributed by atoms with Gasteiger partial charge in [-0.15, -0.1) is 0 Å². The molecule has 2 atom stereocenters. The van der Waals surface area contributed by atoms with Gasteiger partial charge < -0.3 is 10.1 Å². The topological polar surface area (TPSA) is 61.9 Å². The summed E-state index contributed by atoms with van der Waals surface area (Å²) in [5.41, 5.74) is 0.964. The highest BCUT2D eigenvalue weighted by molar-refractivity contribution is 5.97. The number of nitrogens with zero attached hydrogens (tertiary/aromatic N) is 2. The van der Waals surface area contributed by atoms with Crippen molar-refractivity contribution in [3.05, 3.63) is 29.8 Å². The van der Waals surface area contributed by atoms with Crippen molar-refractivity contribution in [1.29, 1.82) is 0 Å². The van der Waals surface area contributed by atoms with Crippen LogP contribution in [0.15, 0.2) is 24.3 Å². The molecule has 1 saturated carbocycles. The monoisotopic (exact) mass is 483 g/mol. The van der Waals surface area contributed by atoms with Crippen molar-refractivity contribution in [2.24, 2.45) is 5.41 Å². The molecule has 1 N–H and O–H groups in total. The lowest BCUT2D eigenvalue weighted by atomic mass is 9.63. The Morgan fingerprint density at radius 2 is 1.80 bits per heavy atom. The summed E-state index contributed by atoms with van der Waals surface area (Å²) in [6.45, 7) is 9.92. The molecule has 2 heterocycles. The van der Waals surface area contributed by atoms with Crippen LogP contribution in [0.1, 0.15) is 77.2 Å². The number of ether oxygens (including phenoxy) is 1. The van der Waals surface area contributed by atoms with E-state index in [1.54, 1.807) is 0 Å². The zero-order valence-corrected chi connectivity index (χ0v) is 22.1. The molecule has 3 aliphatic rings. The van der Waals surface area contributed by atoms with E-state index in [4.69, 9.17) is 4.74 Å². The average Bonchev–Trinajstić information content (AvgIpc) is 2.87. The van der Waals surface area contributed by atoms with E-state index in [1.807, 2.05) is 0 Å². The second-order valence-corrected chi connectivity index (χ2v) is 11.2. The molecule has 2 saturated heterocycles. The lowest BCUT2D eigenvalue weighted by molar-refractivity contribution is -0.144. The first-order valence-corrected chi connectivity index (χ1v) is 13.8. The zero-order valence-electron chi connectivity index (χ0n) is 22.1. The normalized spacial score (nSPS) is 27.9. The lowest BCUT2D eigenvalue weighted by Crippen LogP contribution is -2.70. The molecular formula is C29H45N3O3. The van der Waals surface area contributed by atoms with Gasteiger partial charge in [0.05, 0.1) is 12.0 Å². The number of piperazine rings is 1. The van der Waals surface area contributed by atoms with Gasteiger partial charge in [0, 0.05) is 63.6 Å². The number of likely N-dealkylation sites (tertiary alicyclic amines) is 1. The summed E-state index contributed by atoms with van der Waals surface area (Å²) in [6.07, 6.45) is 7.45. The second kappa shape index (κ2) is 11.5. The van der Waals surface area contributed by atoms with Crippen LogP contribution in [-0.4, -0.2) is 72.8 Å². The molecule has 3 fully saturated rings. The standard InChI is InChI=1S/C29H45N3O3/c1-4-6-13-29(19-24(33)9-12-27(29)34)26-21-31(3)28(22-30-26)14-16-32(17-15-28)20-23-7-10-25(11-8-23)35-18-5-2/h7-8,10-11,26,30H,4-6,9,12-22H2,1-3H3. The summed E-state index contributed by atoms with van der Waals surface area (Å²) < 4.78 is 5.71. The maximum absolute atomic E-state index is 13.2. The van der Waals surface area contributed by atoms with Gasteiger partial charge in [0.25, 0.3) is 0 Å². The number of ketones is 2. The van der Waals surface area contributed by atoms with Gasteiger partial charge in [0.15, 0.2) is 0 Å². The maximum Gasteiger partial charge on any atom is 0.141 e. The Balaban J connectivity index is 1.34. The minimum absolute atomic E-state index is 0.0768. The van der Waals surface area contributed by atoms with E-state index >= 15 is 0 Å². The van der Waals surface area contributed by atoms with E-state index in [2.05, 4.69) is 60.3 Å². The number of benzene rings is 1. The van der Waals surface area contributed by atoms with Crippen LogP contribution in [0, 0.1) is 5.41 Å².